The average molecular weight is 307 g/mol. The number of alkyl carbamates (subject to hydrolysis) is 1. The van der Waals surface area contributed by atoms with Gasteiger partial charge in [0.2, 0.25) is 0 Å². The van der Waals surface area contributed by atoms with E-state index >= 15 is 0 Å². The number of hydrogen-bond donors (Lipinski definition) is 2. The summed E-state index contributed by atoms with van der Waals surface area (Å²) in [6.45, 7) is 8.19. The molecule has 1 unspecified atom stereocenters. The quantitative estimate of drug-likeness (QED) is 0.877. The van der Waals surface area contributed by atoms with Crippen LogP contribution in [-0.4, -0.2) is 24.3 Å². The summed E-state index contributed by atoms with van der Waals surface area (Å²) >= 11 is 0. The van der Waals surface area contributed by atoms with Crippen LogP contribution >= 0.6 is 0 Å². The van der Waals surface area contributed by atoms with Crippen molar-refractivity contribution >= 4 is 6.09 Å². The number of benzene rings is 1. The second-order valence-corrected chi connectivity index (χ2v) is 6.09. The third-order valence-corrected chi connectivity index (χ3v) is 2.76. The Morgan fingerprint density at radius 2 is 2.14 bits per heavy atom. The lowest BCUT2D eigenvalue weighted by Crippen LogP contribution is -2.41. The van der Waals surface area contributed by atoms with Crippen LogP contribution in [0.2, 0.25) is 0 Å². The van der Waals surface area contributed by atoms with Gasteiger partial charge >= 0.3 is 6.09 Å². The standard InChI is InChI=1S/C16H22FN3O2/c1-11(9-20-15(21)22-16(2,3)4)19-10-12-5-6-14(17)13(7-12)8-18/h5-7,11,19H,9-10H2,1-4H3,(H,20,21). The Kier molecular flexibility index (Phi) is 6.32. The van der Waals surface area contributed by atoms with Crippen LogP contribution in [0.3, 0.4) is 0 Å². The molecule has 1 atom stereocenters. The molecule has 1 rings (SSSR count). The zero-order chi connectivity index (χ0) is 16.8. The first-order valence-corrected chi connectivity index (χ1v) is 7.10. The molecular formula is C16H22FN3O2. The molecule has 120 valence electrons. The molecule has 0 spiro atoms. The summed E-state index contributed by atoms with van der Waals surface area (Å²) in [6, 6.07) is 6.22. The zero-order valence-corrected chi connectivity index (χ0v) is 13.4. The van der Waals surface area contributed by atoms with Gasteiger partial charge in [0.15, 0.2) is 0 Å². The van der Waals surface area contributed by atoms with Crippen LogP contribution in [0.4, 0.5) is 9.18 Å². The van der Waals surface area contributed by atoms with E-state index in [-0.39, 0.29) is 11.6 Å². The van der Waals surface area contributed by atoms with Gasteiger partial charge in [-0.3, -0.25) is 0 Å². The number of hydrogen-bond acceptors (Lipinski definition) is 4. The molecule has 0 heterocycles. The van der Waals surface area contributed by atoms with Crippen LogP contribution in [-0.2, 0) is 11.3 Å². The van der Waals surface area contributed by atoms with Crippen LogP contribution in [0.15, 0.2) is 18.2 Å². The van der Waals surface area contributed by atoms with Gasteiger partial charge in [-0.2, -0.15) is 5.26 Å². The van der Waals surface area contributed by atoms with E-state index in [1.165, 1.54) is 12.1 Å². The molecule has 0 aliphatic carbocycles. The topological polar surface area (TPSA) is 74.2 Å². The van der Waals surface area contributed by atoms with E-state index in [2.05, 4.69) is 10.6 Å². The van der Waals surface area contributed by atoms with Gasteiger partial charge in [0.1, 0.15) is 17.5 Å². The molecule has 5 nitrogen and oxygen atoms in total. The number of nitriles is 1. The van der Waals surface area contributed by atoms with E-state index in [4.69, 9.17) is 10.00 Å². The first-order chi connectivity index (χ1) is 10.2. The molecule has 1 amide bonds. The molecule has 0 bridgehead atoms. The summed E-state index contributed by atoms with van der Waals surface area (Å²) in [5.41, 5.74) is 0.309. The fraction of sp³-hybridized carbons (Fsp3) is 0.500. The van der Waals surface area contributed by atoms with Gasteiger partial charge in [0.05, 0.1) is 5.56 Å². The number of rotatable bonds is 5. The van der Waals surface area contributed by atoms with Crippen LogP contribution in [0.5, 0.6) is 0 Å². The zero-order valence-electron chi connectivity index (χ0n) is 13.4. The minimum atomic E-state index is -0.525. The Labute approximate surface area is 130 Å². The maximum atomic E-state index is 13.2. The summed E-state index contributed by atoms with van der Waals surface area (Å²) in [7, 11) is 0. The Morgan fingerprint density at radius 3 is 2.73 bits per heavy atom. The summed E-state index contributed by atoms with van der Waals surface area (Å²) < 4.78 is 18.3. The summed E-state index contributed by atoms with van der Waals surface area (Å²) in [5.74, 6) is -0.522. The molecule has 0 aliphatic rings. The number of carbonyl (C=O) groups is 1. The smallest absolute Gasteiger partial charge is 0.407 e. The second kappa shape index (κ2) is 7.76. The lowest BCUT2D eigenvalue weighted by Gasteiger charge is -2.21. The number of amides is 1. The molecule has 0 aromatic heterocycles. The summed E-state index contributed by atoms with van der Waals surface area (Å²) in [4.78, 5) is 11.5. The van der Waals surface area contributed by atoms with Gasteiger partial charge < -0.3 is 15.4 Å². The van der Waals surface area contributed by atoms with E-state index in [1.54, 1.807) is 26.8 Å². The Bertz CT molecular complexity index is 561. The van der Waals surface area contributed by atoms with Gasteiger partial charge in [-0.15, -0.1) is 0 Å². The predicted molar refractivity (Wildman–Crippen MR) is 81.7 cm³/mol. The molecule has 0 radical (unpaired) electrons. The van der Waals surface area contributed by atoms with E-state index in [9.17, 15) is 9.18 Å². The molecule has 0 fully saturated rings. The first kappa shape index (κ1) is 17.9. The Hall–Kier alpha value is -2.13. The highest BCUT2D eigenvalue weighted by atomic mass is 19.1. The fourth-order valence-corrected chi connectivity index (χ4v) is 1.68. The van der Waals surface area contributed by atoms with Crippen molar-refractivity contribution in [2.45, 2.75) is 45.9 Å². The van der Waals surface area contributed by atoms with Crippen molar-refractivity contribution in [3.8, 4) is 6.07 Å². The molecule has 22 heavy (non-hydrogen) atoms. The molecular weight excluding hydrogens is 285 g/mol. The lowest BCUT2D eigenvalue weighted by molar-refractivity contribution is 0.0523. The monoisotopic (exact) mass is 307 g/mol. The van der Waals surface area contributed by atoms with Crippen LogP contribution in [0, 0.1) is 17.1 Å². The number of nitrogens with one attached hydrogen (secondary N) is 2. The lowest BCUT2D eigenvalue weighted by atomic mass is 10.1. The number of carbonyl (C=O) groups excluding carboxylic acids is 1. The van der Waals surface area contributed by atoms with Crippen molar-refractivity contribution in [1.82, 2.24) is 10.6 Å². The number of halogens is 1. The largest absolute Gasteiger partial charge is 0.444 e. The Morgan fingerprint density at radius 1 is 1.45 bits per heavy atom. The number of nitrogens with zero attached hydrogens (tertiary/aromatic N) is 1. The molecule has 6 heteroatoms. The average Bonchev–Trinajstić information content (AvgIpc) is 2.42. The van der Waals surface area contributed by atoms with Crippen LogP contribution < -0.4 is 10.6 Å². The van der Waals surface area contributed by atoms with Crippen molar-refractivity contribution in [1.29, 1.82) is 5.26 Å². The van der Waals surface area contributed by atoms with E-state index in [0.29, 0.717) is 13.1 Å². The maximum absolute atomic E-state index is 13.2. The minimum absolute atomic E-state index is 0.00288. The van der Waals surface area contributed by atoms with Gasteiger partial charge in [-0.25, -0.2) is 9.18 Å². The molecule has 0 saturated carbocycles. The fourth-order valence-electron chi connectivity index (χ4n) is 1.68. The molecule has 0 saturated heterocycles. The second-order valence-electron chi connectivity index (χ2n) is 6.09. The highest BCUT2D eigenvalue weighted by Crippen LogP contribution is 2.09. The van der Waals surface area contributed by atoms with Gasteiger partial charge in [0.25, 0.3) is 0 Å². The summed E-state index contributed by atoms with van der Waals surface area (Å²) in [5, 5.41) is 14.6. The van der Waals surface area contributed by atoms with Crippen molar-refractivity contribution in [2.24, 2.45) is 0 Å². The van der Waals surface area contributed by atoms with Crippen LogP contribution in [0.25, 0.3) is 0 Å². The molecule has 1 aromatic carbocycles. The highest BCUT2D eigenvalue weighted by molar-refractivity contribution is 5.67. The van der Waals surface area contributed by atoms with E-state index in [0.717, 1.165) is 5.56 Å². The highest BCUT2D eigenvalue weighted by Gasteiger charge is 2.16. The molecule has 2 N–H and O–H groups in total. The Balaban J connectivity index is 2.39. The van der Waals surface area contributed by atoms with E-state index in [1.807, 2.05) is 13.0 Å². The normalized spacial score (nSPS) is 12.4. The minimum Gasteiger partial charge on any atom is -0.444 e. The molecule has 1 aromatic rings. The van der Waals surface area contributed by atoms with Crippen molar-refractivity contribution in [3.63, 3.8) is 0 Å². The SMILES string of the molecule is CC(CNC(=O)OC(C)(C)C)NCc1ccc(F)c(C#N)c1. The molecule has 0 aliphatic heterocycles. The predicted octanol–water partition coefficient (Wildman–Crippen LogP) is 2.70. The van der Waals surface area contributed by atoms with Crippen molar-refractivity contribution in [3.05, 3.63) is 35.1 Å². The van der Waals surface area contributed by atoms with Gasteiger partial charge in [-0.1, -0.05) is 6.07 Å². The maximum Gasteiger partial charge on any atom is 0.407 e. The summed E-state index contributed by atoms with van der Waals surface area (Å²) in [6.07, 6.45) is -0.463. The van der Waals surface area contributed by atoms with Gasteiger partial charge in [-0.05, 0) is 45.4 Å². The van der Waals surface area contributed by atoms with Crippen LogP contribution in [0.1, 0.15) is 38.8 Å². The van der Waals surface area contributed by atoms with Gasteiger partial charge in [0, 0.05) is 19.1 Å². The first-order valence-electron chi connectivity index (χ1n) is 7.10. The van der Waals surface area contributed by atoms with Crippen molar-refractivity contribution in [2.75, 3.05) is 6.54 Å². The third-order valence-electron chi connectivity index (χ3n) is 2.76. The third kappa shape index (κ3) is 6.55. The van der Waals surface area contributed by atoms with Crippen molar-refractivity contribution < 1.29 is 13.9 Å². The van der Waals surface area contributed by atoms with E-state index < -0.39 is 17.5 Å². The number of ether oxygens (including phenoxy) is 1.